The molecule has 5 rings (SSSR count). The van der Waals surface area contributed by atoms with Crippen LogP contribution in [0.15, 0.2) is 24.3 Å². The molecule has 0 aromatic carbocycles. The summed E-state index contributed by atoms with van der Waals surface area (Å²) in [7, 11) is 0. The van der Waals surface area contributed by atoms with Gasteiger partial charge in [0.1, 0.15) is 23.9 Å². The zero-order valence-corrected chi connectivity index (χ0v) is 26.4. The molecule has 6 nitrogen and oxygen atoms in total. The van der Waals surface area contributed by atoms with E-state index in [2.05, 4.69) is 40.3 Å². The molecule has 1 amide bonds. The number of fused-ring (bicyclic) bond motifs is 2. The van der Waals surface area contributed by atoms with Gasteiger partial charge in [0.15, 0.2) is 0 Å². The van der Waals surface area contributed by atoms with E-state index in [4.69, 9.17) is 9.47 Å². The maximum Gasteiger partial charge on any atom is 0.410 e. The molecule has 0 N–H and O–H groups in total. The molecule has 4 aliphatic carbocycles. The Morgan fingerprint density at radius 3 is 2.58 bits per heavy atom. The number of thioether (sulfide) groups is 1. The number of allylic oxidation sites excluding steroid dienone is 1. The van der Waals surface area contributed by atoms with Crippen molar-refractivity contribution in [1.29, 1.82) is 0 Å². The number of hydrogen-bond acceptors (Lipinski definition) is 6. The van der Waals surface area contributed by atoms with Crippen molar-refractivity contribution in [3.8, 4) is 0 Å². The molecule has 0 unspecified atom stereocenters. The van der Waals surface area contributed by atoms with Crippen LogP contribution in [0, 0.1) is 45.8 Å². The lowest BCUT2D eigenvalue weighted by molar-refractivity contribution is -0.182. The number of carbonyl (C=O) groups excluding carboxylic acids is 3. The number of hydrogen-bond donors (Lipinski definition) is 0. The van der Waals surface area contributed by atoms with E-state index in [0.29, 0.717) is 18.4 Å². The van der Waals surface area contributed by atoms with Gasteiger partial charge in [-0.1, -0.05) is 51.5 Å². The van der Waals surface area contributed by atoms with Gasteiger partial charge in [-0.2, -0.15) is 11.8 Å². The van der Waals surface area contributed by atoms with Crippen LogP contribution in [-0.4, -0.2) is 59.0 Å². The fraction of sp³-hybridized carbons (Fsp3) is 0.788. The second-order valence-electron chi connectivity index (χ2n) is 14.7. The molecule has 1 aliphatic heterocycles. The quantitative estimate of drug-likeness (QED) is 0.184. The summed E-state index contributed by atoms with van der Waals surface area (Å²) < 4.78 is 11.7. The lowest BCUT2D eigenvalue weighted by Gasteiger charge is -2.59. The summed E-state index contributed by atoms with van der Waals surface area (Å²) in [6.45, 7) is 19.1. The van der Waals surface area contributed by atoms with E-state index < -0.39 is 16.4 Å². The molecule has 5 aliphatic rings. The summed E-state index contributed by atoms with van der Waals surface area (Å²) in [6, 6.07) is 0.0978. The molecule has 222 valence electrons. The van der Waals surface area contributed by atoms with Crippen molar-refractivity contribution >= 4 is 30.1 Å². The highest BCUT2D eigenvalue weighted by atomic mass is 32.2. The van der Waals surface area contributed by atoms with Crippen LogP contribution < -0.4 is 0 Å². The Labute approximate surface area is 245 Å². The number of ether oxygens (including phenoxy) is 2. The number of aldehydes is 1. The van der Waals surface area contributed by atoms with Crippen LogP contribution in [0.25, 0.3) is 0 Å². The third-order valence-electron chi connectivity index (χ3n) is 11.2. The normalized spacial score (nSPS) is 41.6. The van der Waals surface area contributed by atoms with Gasteiger partial charge in [-0.3, -0.25) is 4.79 Å². The second-order valence-corrected chi connectivity index (χ2v) is 16.0. The molecule has 0 aromatic rings. The topological polar surface area (TPSA) is 72.9 Å². The Balaban J connectivity index is 1.51. The van der Waals surface area contributed by atoms with Gasteiger partial charge in [-0.05, 0) is 83.0 Å². The number of nitrogens with zero attached hydrogens (tertiary/aromatic N) is 1. The number of esters is 1. The van der Waals surface area contributed by atoms with E-state index in [9.17, 15) is 14.4 Å². The molecule has 1 heterocycles. The van der Waals surface area contributed by atoms with Crippen LogP contribution in [-0.2, 0) is 19.1 Å². The van der Waals surface area contributed by atoms with Crippen LogP contribution in [0.4, 0.5) is 4.79 Å². The Morgan fingerprint density at radius 2 is 1.95 bits per heavy atom. The number of amides is 1. The van der Waals surface area contributed by atoms with E-state index in [0.717, 1.165) is 43.4 Å². The Kier molecular flexibility index (Phi) is 7.58. The molecule has 4 bridgehead atoms. The van der Waals surface area contributed by atoms with E-state index in [1.165, 1.54) is 6.29 Å². The largest absolute Gasteiger partial charge is 0.461 e. The minimum atomic E-state index is -0.934. The molecule has 4 fully saturated rings. The first kappa shape index (κ1) is 29.7. The second kappa shape index (κ2) is 10.2. The number of likely N-dealkylation sites (tertiary alicyclic amines) is 1. The van der Waals surface area contributed by atoms with Crippen molar-refractivity contribution in [1.82, 2.24) is 4.90 Å². The summed E-state index contributed by atoms with van der Waals surface area (Å²) in [5, 5.41) is 0.255. The third kappa shape index (κ3) is 4.06. The summed E-state index contributed by atoms with van der Waals surface area (Å²) in [5.74, 6) is 2.11. The van der Waals surface area contributed by atoms with Gasteiger partial charge in [0.05, 0.1) is 5.41 Å². The van der Waals surface area contributed by atoms with E-state index >= 15 is 0 Å². The van der Waals surface area contributed by atoms with Gasteiger partial charge in [0.25, 0.3) is 0 Å². The smallest absolute Gasteiger partial charge is 0.410 e. The minimum Gasteiger partial charge on any atom is -0.461 e. The Morgan fingerprint density at radius 1 is 1.23 bits per heavy atom. The molecule has 7 heteroatoms. The minimum absolute atomic E-state index is 0.0978. The zero-order chi connectivity index (χ0) is 29.3. The van der Waals surface area contributed by atoms with E-state index in [1.54, 1.807) is 6.08 Å². The zero-order valence-electron chi connectivity index (χ0n) is 25.5. The van der Waals surface area contributed by atoms with Crippen molar-refractivity contribution < 1.29 is 23.9 Å². The van der Waals surface area contributed by atoms with Crippen molar-refractivity contribution in [2.45, 2.75) is 97.5 Å². The number of carbonyl (C=O) groups is 3. The molecule has 0 spiro atoms. The van der Waals surface area contributed by atoms with E-state index in [1.807, 2.05) is 37.4 Å². The maximum absolute atomic E-state index is 14.5. The fourth-order valence-corrected chi connectivity index (χ4v) is 11.6. The average Bonchev–Trinajstić information content (AvgIpc) is 3.57. The van der Waals surface area contributed by atoms with Crippen LogP contribution in [0.5, 0.6) is 0 Å². The Hall–Kier alpha value is -1.76. The first-order chi connectivity index (χ1) is 18.8. The van der Waals surface area contributed by atoms with Crippen LogP contribution >= 0.6 is 11.8 Å². The molecular weight excluding hydrogens is 522 g/mol. The fourth-order valence-electron chi connectivity index (χ4n) is 9.80. The highest BCUT2D eigenvalue weighted by molar-refractivity contribution is 8.00. The van der Waals surface area contributed by atoms with Gasteiger partial charge in [0.2, 0.25) is 0 Å². The van der Waals surface area contributed by atoms with Crippen LogP contribution in [0.1, 0.15) is 80.6 Å². The van der Waals surface area contributed by atoms with Gasteiger partial charge < -0.3 is 19.2 Å². The predicted octanol–water partition coefficient (Wildman–Crippen LogP) is 6.69. The highest BCUT2D eigenvalue weighted by Crippen LogP contribution is 2.83. The third-order valence-corrected chi connectivity index (χ3v) is 12.7. The standard InChI is InChI=1S/C33H49NO5S/c1-9-12-38-28(36)33-27(20(2)3)14-23-15-31(33,18-35)26-11-10-21(4)25(26)16-32(23,33)19-40-24-13-22(5)34(17-24)29(37)39-30(6,7)8/h9,14,18,20-26H,1,10-13,15-17,19H2,2-8H3/t21-,22+,23+,24-,25-,26-,31+,32+,33+/m1/s1. The summed E-state index contributed by atoms with van der Waals surface area (Å²) in [5.41, 5.74) is -1.42. The SMILES string of the molecule is C=CCOC(=O)[C@@]12C(C(C)C)=C[C@H]3C[C@]1(C=O)[C@@H]1CC[C@@H](C)[C@H]1C[C@]32CS[C@@H]1C[C@H](C)N(C(=O)OC(C)(C)C)C1. The molecule has 40 heavy (non-hydrogen) atoms. The molecule has 0 aromatic heterocycles. The van der Waals surface area contributed by atoms with Crippen molar-refractivity contribution in [3.05, 3.63) is 24.3 Å². The molecular formula is C33H49NO5S. The summed E-state index contributed by atoms with van der Waals surface area (Å²) in [4.78, 5) is 42.8. The molecule has 3 saturated carbocycles. The molecule has 1 saturated heterocycles. The summed E-state index contributed by atoms with van der Waals surface area (Å²) >= 11 is 1.90. The van der Waals surface area contributed by atoms with Crippen molar-refractivity contribution in [2.75, 3.05) is 18.9 Å². The van der Waals surface area contributed by atoms with Gasteiger partial charge >= 0.3 is 12.1 Å². The monoisotopic (exact) mass is 571 g/mol. The maximum atomic E-state index is 14.5. The van der Waals surface area contributed by atoms with Gasteiger partial charge in [-0.15, -0.1) is 0 Å². The number of rotatable bonds is 8. The highest BCUT2D eigenvalue weighted by Gasteiger charge is 2.84. The molecule has 0 radical (unpaired) electrons. The predicted molar refractivity (Wildman–Crippen MR) is 159 cm³/mol. The van der Waals surface area contributed by atoms with Crippen molar-refractivity contribution in [3.63, 3.8) is 0 Å². The first-order valence-electron chi connectivity index (χ1n) is 15.4. The van der Waals surface area contributed by atoms with Gasteiger partial charge in [0, 0.05) is 29.0 Å². The van der Waals surface area contributed by atoms with E-state index in [-0.39, 0.29) is 53.1 Å². The lowest BCUT2D eigenvalue weighted by Crippen LogP contribution is -2.63. The summed E-state index contributed by atoms with van der Waals surface area (Å²) in [6.07, 6.45) is 9.67. The average molecular weight is 572 g/mol. The first-order valence-corrected chi connectivity index (χ1v) is 16.4. The van der Waals surface area contributed by atoms with Crippen molar-refractivity contribution in [2.24, 2.45) is 45.8 Å². The van der Waals surface area contributed by atoms with Crippen LogP contribution in [0.3, 0.4) is 0 Å². The lowest BCUT2D eigenvalue weighted by atomic mass is 9.43. The van der Waals surface area contributed by atoms with Crippen LogP contribution in [0.2, 0.25) is 0 Å². The Bertz CT molecular complexity index is 1090. The molecule has 9 atom stereocenters. The van der Waals surface area contributed by atoms with Gasteiger partial charge in [-0.25, -0.2) is 4.79 Å².